The highest BCUT2D eigenvalue weighted by molar-refractivity contribution is 7.19. The molecule has 1 aliphatic rings. The van der Waals surface area contributed by atoms with E-state index in [1.807, 2.05) is 16.3 Å². The van der Waals surface area contributed by atoms with Gasteiger partial charge in [-0.15, -0.1) is 22.7 Å². The summed E-state index contributed by atoms with van der Waals surface area (Å²) in [6.07, 6.45) is 5.84. The van der Waals surface area contributed by atoms with Gasteiger partial charge in [0.1, 0.15) is 10.5 Å². The molecule has 3 heterocycles. The van der Waals surface area contributed by atoms with Gasteiger partial charge in [0, 0.05) is 62.7 Å². The second-order valence-corrected chi connectivity index (χ2v) is 9.70. The molecule has 0 spiro atoms. The van der Waals surface area contributed by atoms with E-state index in [0.29, 0.717) is 42.0 Å². The Kier molecular flexibility index (Phi) is 6.17. The van der Waals surface area contributed by atoms with Gasteiger partial charge in [-0.2, -0.15) is 0 Å². The van der Waals surface area contributed by atoms with E-state index in [9.17, 15) is 9.59 Å². The van der Waals surface area contributed by atoms with Crippen molar-refractivity contribution in [1.29, 1.82) is 0 Å². The zero-order valence-corrected chi connectivity index (χ0v) is 19.1. The molecule has 4 rings (SSSR count). The smallest absolute Gasteiger partial charge is 0.253 e. The first-order valence-corrected chi connectivity index (χ1v) is 11.7. The predicted octanol–water partition coefficient (Wildman–Crippen LogP) is 4.36. The summed E-state index contributed by atoms with van der Waals surface area (Å²) in [4.78, 5) is 37.3. The minimum absolute atomic E-state index is 0.0948. The molecule has 2 aromatic heterocycles. The van der Waals surface area contributed by atoms with Crippen molar-refractivity contribution in [3.63, 3.8) is 0 Å². The van der Waals surface area contributed by atoms with Crippen LogP contribution in [0.1, 0.15) is 33.2 Å². The third kappa shape index (κ3) is 4.40. The van der Waals surface area contributed by atoms with Gasteiger partial charge in [-0.1, -0.05) is 17.7 Å². The zero-order chi connectivity index (χ0) is 21.3. The Morgan fingerprint density at radius 3 is 2.87 bits per heavy atom. The van der Waals surface area contributed by atoms with Crippen LogP contribution in [0.5, 0.6) is 0 Å². The molecule has 0 aliphatic carbocycles. The fourth-order valence-corrected chi connectivity index (χ4v) is 5.37. The number of thiazole rings is 2. The number of nitrogens with zero attached hydrogens (tertiary/aromatic N) is 4. The normalized spacial score (nSPS) is 14.1. The van der Waals surface area contributed by atoms with Crippen molar-refractivity contribution >= 4 is 61.9 Å². The first-order valence-electron chi connectivity index (χ1n) is 9.59. The molecular formula is C21H21ClN4O2S2. The van der Waals surface area contributed by atoms with E-state index in [0.717, 1.165) is 26.7 Å². The molecule has 0 unspecified atom stereocenters. The summed E-state index contributed by atoms with van der Waals surface area (Å²) in [6, 6.07) is 3.50. The van der Waals surface area contributed by atoms with Crippen molar-refractivity contribution in [3.05, 3.63) is 50.4 Å². The summed E-state index contributed by atoms with van der Waals surface area (Å²) in [6.45, 7) is 1.25. The molecule has 9 heteroatoms. The maximum absolute atomic E-state index is 12.7. The van der Waals surface area contributed by atoms with Crippen molar-refractivity contribution in [1.82, 2.24) is 19.8 Å². The van der Waals surface area contributed by atoms with Crippen LogP contribution in [0.4, 0.5) is 0 Å². The number of hydrogen-bond acceptors (Lipinski definition) is 6. The third-order valence-electron chi connectivity index (χ3n) is 4.92. The molecule has 30 heavy (non-hydrogen) atoms. The van der Waals surface area contributed by atoms with E-state index in [1.165, 1.54) is 16.2 Å². The number of fused-ring (bicyclic) bond motifs is 1. The number of aryl methyl sites for hydroxylation is 1. The van der Waals surface area contributed by atoms with Crippen LogP contribution in [0.2, 0.25) is 5.02 Å². The Hall–Kier alpha value is -2.29. The van der Waals surface area contributed by atoms with Gasteiger partial charge in [-0.05, 0) is 18.6 Å². The first kappa shape index (κ1) is 21.0. The predicted molar refractivity (Wildman–Crippen MR) is 122 cm³/mol. The Bertz CT molecular complexity index is 1120. The van der Waals surface area contributed by atoms with Crippen LogP contribution < -0.4 is 0 Å². The van der Waals surface area contributed by atoms with Crippen molar-refractivity contribution in [2.75, 3.05) is 27.2 Å². The molecule has 3 aromatic rings. The van der Waals surface area contributed by atoms with E-state index in [4.69, 9.17) is 16.6 Å². The highest BCUT2D eigenvalue weighted by atomic mass is 35.5. The molecule has 156 valence electrons. The molecule has 0 bridgehead atoms. The van der Waals surface area contributed by atoms with Crippen molar-refractivity contribution in [3.8, 4) is 0 Å². The minimum atomic E-state index is -0.0948. The molecule has 6 nitrogen and oxygen atoms in total. The molecule has 0 fully saturated rings. The van der Waals surface area contributed by atoms with Gasteiger partial charge in [0.15, 0.2) is 0 Å². The van der Waals surface area contributed by atoms with Gasteiger partial charge >= 0.3 is 0 Å². The van der Waals surface area contributed by atoms with E-state index >= 15 is 0 Å². The molecule has 2 amide bonds. The highest BCUT2D eigenvalue weighted by Gasteiger charge is 2.22. The number of carbonyl (C=O) groups excluding carboxylic acids is 2. The average Bonchev–Trinajstić information content (AvgIpc) is 3.41. The lowest BCUT2D eigenvalue weighted by Crippen LogP contribution is -2.35. The lowest BCUT2D eigenvalue weighted by atomic mass is 10.1. The second-order valence-electron chi connectivity index (χ2n) is 7.28. The van der Waals surface area contributed by atoms with E-state index < -0.39 is 0 Å². The lowest BCUT2D eigenvalue weighted by molar-refractivity contribution is -0.130. The second kappa shape index (κ2) is 8.83. The van der Waals surface area contributed by atoms with Gasteiger partial charge in [-0.25, -0.2) is 9.97 Å². The van der Waals surface area contributed by atoms with Crippen LogP contribution in [0.25, 0.3) is 15.8 Å². The van der Waals surface area contributed by atoms with Gasteiger partial charge in [0.05, 0.1) is 14.7 Å². The maximum Gasteiger partial charge on any atom is 0.253 e. The average molecular weight is 461 g/mol. The molecule has 1 aliphatic heterocycles. The Labute approximate surface area is 187 Å². The Balaban J connectivity index is 1.51. The van der Waals surface area contributed by atoms with Gasteiger partial charge in [0.25, 0.3) is 5.91 Å². The topological polar surface area (TPSA) is 66.4 Å². The molecule has 0 N–H and O–H groups in total. The highest BCUT2D eigenvalue weighted by Crippen LogP contribution is 2.34. The summed E-state index contributed by atoms with van der Waals surface area (Å²) < 4.78 is 0.871. The molecule has 0 radical (unpaired) electrons. The van der Waals surface area contributed by atoms with Crippen LogP contribution in [0, 0.1) is 0 Å². The van der Waals surface area contributed by atoms with Crippen molar-refractivity contribution < 1.29 is 9.59 Å². The van der Waals surface area contributed by atoms with Crippen molar-refractivity contribution in [2.45, 2.75) is 19.3 Å². The summed E-state index contributed by atoms with van der Waals surface area (Å²) in [5.74, 6) is 0.0384. The minimum Gasteiger partial charge on any atom is -0.345 e. The van der Waals surface area contributed by atoms with Crippen LogP contribution >= 0.6 is 34.3 Å². The lowest BCUT2D eigenvalue weighted by Gasteiger charge is -2.26. The van der Waals surface area contributed by atoms with E-state index in [1.54, 1.807) is 37.7 Å². The number of benzene rings is 1. The summed E-state index contributed by atoms with van der Waals surface area (Å²) in [7, 11) is 3.43. The molecule has 0 saturated carbocycles. The van der Waals surface area contributed by atoms with Crippen molar-refractivity contribution in [2.24, 2.45) is 0 Å². The SMILES string of the molecule is CN(C)C(=O)c1cc(Cl)c2nc(C3=CCCN(C(=O)CCc4nccs4)C3)sc2c1. The Morgan fingerprint density at radius 2 is 2.13 bits per heavy atom. The largest absolute Gasteiger partial charge is 0.345 e. The van der Waals surface area contributed by atoms with Gasteiger partial charge in [-0.3, -0.25) is 9.59 Å². The standard InChI is InChI=1S/C21H21ClN4O2S2/c1-25(2)21(28)14-10-15(22)19-16(11-14)30-20(24-19)13-4-3-8-26(12-13)18(27)6-5-17-23-7-9-29-17/h4,7,9-11H,3,5-6,8,12H2,1-2H3. The monoisotopic (exact) mass is 460 g/mol. The number of rotatable bonds is 5. The molecule has 0 saturated heterocycles. The number of hydrogen-bond donors (Lipinski definition) is 0. The maximum atomic E-state index is 12.7. The number of halogens is 1. The Morgan fingerprint density at radius 1 is 1.30 bits per heavy atom. The number of carbonyl (C=O) groups is 2. The van der Waals surface area contributed by atoms with Crippen LogP contribution in [0.3, 0.4) is 0 Å². The summed E-state index contributed by atoms with van der Waals surface area (Å²) in [5, 5.41) is 4.23. The number of amides is 2. The van der Waals surface area contributed by atoms with E-state index in [-0.39, 0.29) is 11.8 Å². The fourth-order valence-electron chi connectivity index (χ4n) is 3.37. The zero-order valence-electron chi connectivity index (χ0n) is 16.7. The van der Waals surface area contributed by atoms with Crippen LogP contribution in [0.15, 0.2) is 29.8 Å². The fraction of sp³-hybridized carbons (Fsp3) is 0.333. The quantitative estimate of drug-likeness (QED) is 0.567. The molecular weight excluding hydrogens is 440 g/mol. The summed E-state index contributed by atoms with van der Waals surface area (Å²) >= 11 is 9.50. The third-order valence-corrected chi connectivity index (χ3v) is 7.12. The van der Waals surface area contributed by atoms with Crippen LogP contribution in [-0.2, 0) is 11.2 Å². The van der Waals surface area contributed by atoms with Gasteiger partial charge < -0.3 is 9.80 Å². The van der Waals surface area contributed by atoms with Gasteiger partial charge in [0.2, 0.25) is 5.91 Å². The molecule has 0 atom stereocenters. The summed E-state index contributed by atoms with van der Waals surface area (Å²) in [5.41, 5.74) is 2.27. The first-order chi connectivity index (χ1) is 14.4. The van der Waals surface area contributed by atoms with E-state index in [2.05, 4.69) is 11.1 Å². The molecule has 1 aromatic carbocycles. The van der Waals surface area contributed by atoms with Crippen LogP contribution in [-0.4, -0.2) is 58.8 Å². The number of aromatic nitrogens is 2.